The molecule has 0 spiro atoms. The van der Waals surface area contributed by atoms with Crippen LogP contribution in [0.5, 0.6) is 0 Å². The fourth-order valence-electron chi connectivity index (χ4n) is 3.65. The molecule has 0 aliphatic heterocycles. The van der Waals surface area contributed by atoms with Gasteiger partial charge < -0.3 is 5.11 Å². The highest BCUT2D eigenvalue weighted by Gasteiger charge is 2.14. The van der Waals surface area contributed by atoms with Crippen LogP contribution in [0.1, 0.15) is 43.9 Å². The molecule has 0 fully saturated rings. The lowest BCUT2D eigenvalue weighted by Crippen LogP contribution is -2.08. The fourth-order valence-corrected chi connectivity index (χ4v) is 3.65. The SMILES string of the molecule is CC(C)CCc1nc(CCC(=O)O)nn1Cc1ccc(-c2ccccc2-c2nn[nH]n2)cc1. The van der Waals surface area contributed by atoms with Crippen LogP contribution >= 0.6 is 0 Å². The van der Waals surface area contributed by atoms with Crippen molar-refractivity contribution in [1.29, 1.82) is 0 Å². The standard InChI is InChI=1S/C24H27N7O2/c1-16(2)7-13-22-25-21(12-14-23(32)33)28-31(22)15-17-8-10-18(11-9-17)19-5-3-4-6-20(19)24-26-29-30-27-24/h3-6,8-11,16H,7,12-15H2,1-2H3,(H,32,33)(H,26,27,29,30). The highest BCUT2D eigenvalue weighted by molar-refractivity contribution is 5.80. The third-order valence-corrected chi connectivity index (χ3v) is 5.41. The number of nitrogens with zero attached hydrogens (tertiary/aromatic N) is 6. The Morgan fingerprint density at radius 3 is 2.48 bits per heavy atom. The van der Waals surface area contributed by atoms with Gasteiger partial charge in [0.05, 0.1) is 13.0 Å². The number of rotatable bonds is 10. The Morgan fingerprint density at radius 1 is 1.06 bits per heavy atom. The lowest BCUT2D eigenvalue weighted by atomic mass is 9.98. The van der Waals surface area contributed by atoms with E-state index in [-0.39, 0.29) is 6.42 Å². The molecular weight excluding hydrogens is 418 g/mol. The smallest absolute Gasteiger partial charge is 0.303 e. The van der Waals surface area contributed by atoms with E-state index in [1.807, 2.05) is 28.9 Å². The van der Waals surface area contributed by atoms with Crippen molar-refractivity contribution < 1.29 is 9.90 Å². The Hall–Kier alpha value is -3.88. The molecule has 0 aliphatic carbocycles. The summed E-state index contributed by atoms with van der Waals surface area (Å²) in [5, 5.41) is 28.0. The van der Waals surface area contributed by atoms with E-state index in [4.69, 9.17) is 5.11 Å². The highest BCUT2D eigenvalue weighted by atomic mass is 16.4. The summed E-state index contributed by atoms with van der Waals surface area (Å²) in [6.45, 7) is 4.94. The summed E-state index contributed by atoms with van der Waals surface area (Å²) in [7, 11) is 0. The monoisotopic (exact) mass is 445 g/mol. The number of carboxylic acids is 1. The van der Waals surface area contributed by atoms with Gasteiger partial charge >= 0.3 is 5.97 Å². The van der Waals surface area contributed by atoms with Gasteiger partial charge in [-0.2, -0.15) is 10.3 Å². The number of aromatic amines is 1. The maximum atomic E-state index is 10.9. The van der Waals surface area contributed by atoms with Crippen molar-refractivity contribution in [2.75, 3.05) is 0 Å². The molecule has 0 unspecified atom stereocenters. The number of carboxylic acid groups (broad SMARTS) is 1. The van der Waals surface area contributed by atoms with Crippen LogP contribution in [0.4, 0.5) is 0 Å². The van der Waals surface area contributed by atoms with Crippen molar-refractivity contribution >= 4 is 5.97 Å². The van der Waals surface area contributed by atoms with Crippen molar-refractivity contribution in [1.82, 2.24) is 35.4 Å². The van der Waals surface area contributed by atoms with Crippen LogP contribution in [0.2, 0.25) is 0 Å². The summed E-state index contributed by atoms with van der Waals surface area (Å²) in [5.41, 5.74) is 4.09. The largest absolute Gasteiger partial charge is 0.481 e. The van der Waals surface area contributed by atoms with Gasteiger partial charge in [0.1, 0.15) is 5.82 Å². The Labute approximate surface area is 191 Å². The van der Waals surface area contributed by atoms with Gasteiger partial charge in [-0.15, -0.1) is 10.2 Å². The van der Waals surface area contributed by atoms with Crippen molar-refractivity contribution in [3.05, 3.63) is 65.7 Å². The molecule has 4 rings (SSSR count). The second kappa shape index (κ2) is 10.2. The second-order valence-corrected chi connectivity index (χ2v) is 8.41. The lowest BCUT2D eigenvalue weighted by Gasteiger charge is -2.10. The molecule has 33 heavy (non-hydrogen) atoms. The molecule has 170 valence electrons. The van der Waals surface area contributed by atoms with Gasteiger partial charge in [0, 0.05) is 18.4 Å². The van der Waals surface area contributed by atoms with E-state index in [1.165, 1.54) is 0 Å². The molecule has 2 aromatic heterocycles. The molecule has 0 atom stereocenters. The third kappa shape index (κ3) is 5.68. The molecule has 0 saturated carbocycles. The normalized spacial score (nSPS) is 11.2. The minimum Gasteiger partial charge on any atom is -0.481 e. The number of carbonyl (C=O) groups is 1. The van der Waals surface area contributed by atoms with Crippen molar-refractivity contribution in [2.45, 2.75) is 46.1 Å². The van der Waals surface area contributed by atoms with Crippen LogP contribution in [0.25, 0.3) is 22.5 Å². The molecule has 0 saturated heterocycles. The van der Waals surface area contributed by atoms with Gasteiger partial charge in [0.25, 0.3) is 0 Å². The Balaban J connectivity index is 1.55. The highest BCUT2D eigenvalue weighted by Crippen LogP contribution is 2.29. The zero-order chi connectivity index (χ0) is 23.2. The van der Waals surface area contributed by atoms with E-state index in [0.29, 0.717) is 30.5 Å². The number of tetrazole rings is 1. The Bertz CT molecular complexity index is 1200. The summed E-state index contributed by atoms with van der Waals surface area (Å²) in [4.78, 5) is 15.6. The molecular formula is C24H27N7O2. The summed E-state index contributed by atoms with van der Waals surface area (Å²) < 4.78 is 1.90. The van der Waals surface area contributed by atoms with Gasteiger partial charge in [-0.25, -0.2) is 9.67 Å². The van der Waals surface area contributed by atoms with Crippen LogP contribution < -0.4 is 0 Å². The van der Waals surface area contributed by atoms with Crippen LogP contribution in [-0.2, 0) is 24.2 Å². The molecule has 0 aliphatic rings. The number of aliphatic carboxylic acids is 1. The van der Waals surface area contributed by atoms with E-state index in [9.17, 15) is 4.79 Å². The van der Waals surface area contributed by atoms with Gasteiger partial charge in [-0.3, -0.25) is 4.79 Å². The molecule has 0 bridgehead atoms. The van der Waals surface area contributed by atoms with Crippen LogP contribution in [0.3, 0.4) is 0 Å². The molecule has 4 aromatic rings. The van der Waals surface area contributed by atoms with E-state index < -0.39 is 5.97 Å². The molecule has 0 radical (unpaired) electrons. The quantitative estimate of drug-likeness (QED) is 0.381. The van der Waals surface area contributed by atoms with Crippen molar-refractivity contribution in [2.24, 2.45) is 5.92 Å². The van der Waals surface area contributed by atoms with Gasteiger partial charge in [-0.05, 0) is 34.2 Å². The average Bonchev–Trinajstić information content (AvgIpc) is 3.47. The first-order valence-corrected chi connectivity index (χ1v) is 11.1. The predicted octanol–water partition coefficient (Wildman–Crippen LogP) is 3.78. The first-order chi connectivity index (χ1) is 16.0. The first kappa shape index (κ1) is 22.3. The zero-order valence-electron chi connectivity index (χ0n) is 18.8. The molecule has 2 aromatic carbocycles. The molecule has 2 N–H and O–H groups in total. The number of aromatic nitrogens is 7. The Kier molecular flexibility index (Phi) is 6.87. The van der Waals surface area contributed by atoms with Crippen LogP contribution in [0, 0.1) is 5.92 Å². The predicted molar refractivity (Wildman–Crippen MR) is 123 cm³/mol. The van der Waals surface area contributed by atoms with Gasteiger partial charge in [-0.1, -0.05) is 62.4 Å². The minimum atomic E-state index is -0.841. The molecule has 2 heterocycles. The van der Waals surface area contributed by atoms with E-state index in [0.717, 1.165) is 40.9 Å². The average molecular weight is 446 g/mol. The minimum absolute atomic E-state index is 0.0299. The molecule has 9 nitrogen and oxygen atoms in total. The number of benzene rings is 2. The summed E-state index contributed by atoms with van der Waals surface area (Å²) in [5.74, 6) is 1.75. The fraction of sp³-hybridized carbons (Fsp3) is 0.333. The summed E-state index contributed by atoms with van der Waals surface area (Å²) in [6.07, 6.45) is 2.18. The van der Waals surface area contributed by atoms with Gasteiger partial charge in [0.2, 0.25) is 5.82 Å². The zero-order valence-corrected chi connectivity index (χ0v) is 18.8. The summed E-state index contributed by atoms with van der Waals surface area (Å²) in [6, 6.07) is 16.3. The number of aryl methyl sites for hydroxylation is 2. The van der Waals surface area contributed by atoms with E-state index in [2.05, 4.69) is 68.8 Å². The number of hydrogen-bond donors (Lipinski definition) is 2. The van der Waals surface area contributed by atoms with Crippen molar-refractivity contribution in [3.8, 4) is 22.5 Å². The van der Waals surface area contributed by atoms with Crippen LogP contribution in [-0.4, -0.2) is 46.5 Å². The number of nitrogens with one attached hydrogen (secondary N) is 1. The van der Waals surface area contributed by atoms with E-state index in [1.54, 1.807) is 0 Å². The number of H-pyrrole nitrogens is 1. The first-order valence-electron chi connectivity index (χ1n) is 11.1. The van der Waals surface area contributed by atoms with Crippen LogP contribution in [0.15, 0.2) is 48.5 Å². The maximum Gasteiger partial charge on any atom is 0.303 e. The second-order valence-electron chi connectivity index (χ2n) is 8.41. The maximum absolute atomic E-state index is 10.9. The van der Waals surface area contributed by atoms with Gasteiger partial charge in [0.15, 0.2) is 5.82 Å². The lowest BCUT2D eigenvalue weighted by molar-refractivity contribution is -0.137. The van der Waals surface area contributed by atoms with E-state index >= 15 is 0 Å². The summed E-state index contributed by atoms with van der Waals surface area (Å²) >= 11 is 0. The molecule has 9 heteroatoms. The Morgan fingerprint density at radius 2 is 1.82 bits per heavy atom. The molecule has 0 amide bonds. The number of hydrogen-bond acceptors (Lipinski definition) is 6. The van der Waals surface area contributed by atoms with Crippen molar-refractivity contribution in [3.63, 3.8) is 0 Å². The third-order valence-electron chi connectivity index (χ3n) is 5.41. The topological polar surface area (TPSA) is 122 Å².